The Balaban J connectivity index is 1.80. The summed E-state index contributed by atoms with van der Waals surface area (Å²) in [5.74, 6) is -0.401. The van der Waals surface area contributed by atoms with E-state index in [9.17, 15) is 4.79 Å². The van der Waals surface area contributed by atoms with E-state index in [1.54, 1.807) is 12.3 Å². The number of nitrogens with two attached hydrogens (primary N) is 1. The first-order chi connectivity index (χ1) is 10.1. The van der Waals surface area contributed by atoms with Crippen molar-refractivity contribution in [1.82, 2.24) is 9.97 Å². The molecule has 1 aromatic carbocycles. The van der Waals surface area contributed by atoms with Crippen molar-refractivity contribution in [2.45, 2.75) is 13.5 Å². The third-order valence-corrected chi connectivity index (χ3v) is 3.53. The average molecular weight is 280 g/mol. The second-order valence-corrected chi connectivity index (χ2v) is 4.96. The fourth-order valence-electron chi connectivity index (χ4n) is 2.42. The van der Waals surface area contributed by atoms with Gasteiger partial charge >= 0.3 is 0 Å². The average Bonchev–Trinajstić information content (AvgIpc) is 2.93. The molecule has 3 aromatic rings. The van der Waals surface area contributed by atoms with Gasteiger partial charge in [0.1, 0.15) is 5.65 Å². The number of nitrogens with zero attached hydrogens (tertiary/aromatic N) is 1. The number of hydrogen-bond acceptors (Lipinski definition) is 3. The Labute approximate surface area is 122 Å². The van der Waals surface area contributed by atoms with Gasteiger partial charge in [-0.25, -0.2) is 4.98 Å². The molecule has 0 atom stereocenters. The Bertz CT molecular complexity index is 807. The molecule has 1 amide bonds. The Hall–Kier alpha value is -2.82. The molecule has 0 saturated heterocycles. The van der Waals surface area contributed by atoms with Crippen LogP contribution in [0.5, 0.6) is 0 Å². The van der Waals surface area contributed by atoms with E-state index in [-0.39, 0.29) is 0 Å². The van der Waals surface area contributed by atoms with Crippen molar-refractivity contribution in [3.8, 4) is 0 Å². The number of amides is 1. The van der Waals surface area contributed by atoms with Crippen LogP contribution in [-0.2, 0) is 6.54 Å². The number of hydrogen-bond donors (Lipinski definition) is 3. The number of primary amides is 1. The molecule has 0 saturated carbocycles. The zero-order chi connectivity index (χ0) is 14.8. The van der Waals surface area contributed by atoms with Crippen LogP contribution in [0, 0.1) is 6.92 Å². The summed E-state index contributed by atoms with van der Waals surface area (Å²) in [6.07, 6.45) is 3.67. The number of aromatic nitrogens is 2. The highest BCUT2D eigenvalue weighted by Gasteiger charge is 2.06. The summed E-state index contributed by atoms with van der Waals surface area (Å²) in [5.41, 5.74) is 9.74. The van der Waals surface area contributed by atoms with Gasteiger partial charge in [-0.1, -0.05) is 0 Å². The van der Waals surface area contributed by atoms with Gasteiger partial charge in [0.25, 0.3) is 0 Å². The number of carbonyl (C=O) groups excluding carboxylic acids is 1. The molecule has 2 heterocycles. The van der Waals surface area contributed by atoms with Gasteiger partial charge in [0.05, 0.1) is 0 Å². The van der Waals surface area contributed by atoms with Gasteiger partial charge in [0, 0.05) is 35.6 Å². The first-order valence-electron chi connectivity index (χ1n) is 6.70. The zero-order valence-electron chi connectivity index (χ0n) is 11.7. The van der Waals surface area contributed by atoms with Crippen molar-refractivity contribution in [2.24, 2.45) is 5.73 Å². The SMILES string of the molecule is Cc1cc(NCc2ccnc3[nH]ccc23)ccc1C(N)=O. The molecule has 0 radical (unpaired) electrons. The largest absolute Gasteiger partial charge is 0.381 e. The van der Waals surface area contributed by atoms with Gasteiger partial charge in [-0.2, -0.15) is 0 Å². The molecule has 0 bridgehead atoms. The van der Waals surface area contributed by atoms with E-state index in [1.807, 2.05) is 37.4 Å². The molecule has 3 rings (SSSR count). The normalized spacial score (nSPS) is 10.7. The molecule has 0 fully saturated rings. The molecule has 0 unspecified atom stereocenters. The van der Waals surface area contributed by atoms with E-state index in [1.165, 1.54) is 0 Å². The highest BCUT2D eigenvalue weighted by molar-refractivity contribution is 5.94. The van der Waals surface area contributed by atoms with E-state index in [0.717, 1.165) is 27.8 Å². The zero-order valence-corrected chi connectivity index (χ0v) is 11.7. The number of rotatable bonds is 4. The van der Waals surface area contributed by atoms with Gasteiger partial charge in [0.15, 0.2) is 0 Å². The van der Waals surface area contributed by atoms with Gasteiger partial charge in [-0.15, -0.1) is 0 Å². The predicted molar refractivity (Wildman–Crippen MR) is 83.1 cm³/mol. The molecular weight excluding hydrogens is 264 g/mol. The highest BCUT2D eigenvalue weighted by atomic mass is 16.1. The summed E-state index contributed by atoms with van der Waals surface area (Å²) in [5, 5.41) is 4.46. The fraction of sp³-hybridized carbons (Fsp3) is 0.125. The summed E-state index contributed by atoms with van der Waals surface area (Å²) >= 11 is 0. The van der Waals surface area contributed by atoms with Crippen molar-refractivity contribution in [3.63, 3.8) is 0 Å². The summed E-state index contributed by atoms with van der Waals surface area (Å²) < 4.78 is 0. The van der Waals surface area contributed by atoms with Crippen molar-refractivity contribution in [1.29, 1.82) is 0 Å². The molecule has 106 valence electrons. The molecule has 2 aromatic heterocycles. The Morgan fingerprint density at radius 1 is 1.33 bits per heavy atom. The van der Waals surface area contributed by atoms with Gasteiger partial charge in [-0.05, 0) is 48.4 Å². The first kappa shape index (κ1) is 13.2. The fourth-order valence-corrected chi connectivity index (χ4v) is 2.42. The number of aromatic amines is 1. The van der Waals surface area contributed by atoms with Crippen molar-refractivity contribution < 1.29 is 4.79 Å². The topological polar surface area (TPSA) is 83.8 Å². The number of aryl methyl sites for hydroxylation is 1. The van der Waals surface area contributed by atoms with Gasteiger partial charge in [-0.3, -0.25) is 4.79 Å². The number of nitrogens with one attached hydrogen (secondary N) is 2. The number of carbonyl (C=O) groups is 1. The Morgan fingerprint density at radius 3 is 2.95 bits per heavy atom. The maximum absolute atomic E-state index is 11.2. The maximum atomic E-state index is 11.2. The molecular formula is C16H16N4O. The van der Waals surface area contributed by atoms with Gasteiger partial charge in [0.2, 0.25) is 5.91 Å². The Morgan fingerprint density at radius 2 is 2.19 bits per heavy atom. The minimum absolute atomic E-state index is 0.401. The van der Waals surface area contributed by atoms with Crippen LogP contribution in [-0.4, -0.2) is 15.9 Å². The van der Waals surface area contributed by atoms with E-state index < -0.39 is 5.91 Å². The second-order valence-electron chi connectivity index (χ2n) is 4.96. The second kappa shape index (κ2) is 5.28. The number of benzene rings is 1. The Kier molecular flexibility index (Phi) is 3.31. The van der Waals surface area contributed by atoms with Crippen LogP contribution in [0.1, 0.15) is 21.5 Å². The summed E-state index contributed by atoms with van der Waals surface area (Å²) in [7, 11) is 0. The first-order valence-corrected chi connectivity index (χ1v) is 6.70. The third-order valence-electron chi connectivity index (χ3n) is 3.53. The highest BCUT2D eigenvalue weighted by Crippen LogP contribution is 2.19. The van der Waals surface area contributed by atoms with Crippen LogP contribution in [0.2, 0.25) is 0 Å². The minimum atomic E-state index is -0.401. The van der Waals surface area contributed by atoms with Crippen LogP contribution in [0.4, 0.5) is 5.69 Å². The third kappa shape index (κ3) is 2.58. The summed E-state index contributed by atoms with van der Waals surface area (Å²) in [6, 6.07) is 9.55. The van der Waals surface area contributed by atoms with E-state index in [0.29, 0.717) is 12.1 Å². The van der Waals surface area contributed by atoms with Crippen LogP contribution in [0.15, 0.2) is 42.7 Å². The van der Waals surface area contributed by atoms with E-state index in [4.69, 9.17) is 5.73 Å². The van der Waals surface area contributed by atoms with Gasteiger partial charge < -0.3 is 16.0 Å². The molecule has 0 spiro atoms. The van der Waals surface area contributed by atoms with Crippen LogP contribution in [0.25, 0.3) is 11.0 Å². The standard InChI is InChI=1S/C16H16N4O/c1-10-8-12(2-3-13(10)15(17)21)20-9-11-4-6-18-16-14(11)5-7-19-16/h2-8,20H,9H2,1H3,(H2,17,21)(H,18,19). The predicted octanol–water partition coefficient (Wildman–Crippen LogP) is 2.58. The quantitative estimate of drug-likeness (QED) is 0.686. The number of H-pyrrole nitrogens is 1. The molecule has 0 aliphatic heterocycles. The lowest BCUT2D eigenvalue weighted by atomic mass is 10.1. The minimum Gasteiger partial charge on any atom is -0.381 e. The molecule has 0 aliphatic carbocycles. The summed E-state index contributed by atoms with van der Waals surface area (Å²) in [4.78, 5) is 18.6. The number of fused-ring (bicyclic) bond motifs is 1. The van der Waals surface area contributed by atoms with Crippen molar-refractivity contribution >= 4 is 22.6 Å². The smallest absolute Gasteiger partial charge is 0.248 e. The van der Waals surface area contributed by atoms with E-state index in [2.05, 4.69) is 15.3 Å². The number of pyridine rings is 1. The molecule has 5 nitrogen and oxygen atoms in total. The monoisotopic (exact) mass is 280 g/mol. The van der Waals surface area contributed by atoms with E-state index >= 15 is 0 Å². The lowest BCUT2D eigenvalue weighted by Crippen LogP contribution is -2.12. The maximum Gasteiger partial charge on any atom is 0.248 e. The molecule has 0 aliphatic rings. The molecule has 4 N–H and O–H groups in total. The lowest BCUT2D eigenvalue weighted by molar-refractivity contribution is 0.1000. The lowest BCUT2D eigenvalue weighted by Gasteiger charge is -2.10. The van der Waals surface area contributed by atoms with Crippen LogP contribution in [0.3, 0.4) is 0 Å². The summed E-state index contributed by atoms with van der Waals surface area (Å²) in [6.45, 7) is 2.56. The van der Waals surface area contributed by atoms with Crippen molar-refractivity contribution in [2.75, 3.05) is 5.32 Å². The van der Waals surface area contributed by atoms with Crippen LogP contribution >= 0.6 is 0 Å². The van der Waals surface area contributed by atoms with Crippen LogP contribution < -0.4 is 11.1 Å². The number of anilines is 1. The molecule has 21 heavy (non-hydrogen) atoms. The molecule has 5 heteroatoms. The van der Waals surface area contributed by atoms with Crippen molar-refractivity contribution in [3.05, 3.63) is 59.4 Å².